The maximum absolute atomic E-state index is 12.0. The van der Waals surface area contributed by atoms with Crippen LogP contribution in [0.2, 0.25) is 0 Å². The van der Waals surface area contributed by atoms with Gasteiger partial charge in [-0.3, -0.25) is 0 Å². The van der Waals surface area contributed by atoms with Gasteiger partial charge in [-0.25, -0.2) is 4.79 Å². The standard InChI is InChI=1S/C20H26N2O2/c23-14-16-6-9-19(10-7-16)22-20(24)21-12-11-15-5-8-17-3-1-2-4-18(17)13-15/h1-5,8,13,16,19,23H,6-7,9-12,14H2,(H2,21,22,24). The van der Waals surface area contributed by atoms with Gasteiger partial charge in [0.25, 0.3) is 0 Å². The zero-order chi connectivity index (χ0) is 16.8. The lowest BCUT2D eigenvalue weighted by atomic mass is 9.87. The third-order valence-electron chi connectivity index (χ3n) is 4.95. The van der Waals surface area contributed by atoms with Gasteiger partial charge in [-0.2, -0.15) is 0 Å². The zero-order valence-corrected chi connectivity index (χ0v) is 14.0. The van der Waals surface area contributed by atoms with Crippen molar-refractivity contribution in [3.05, 3.63) is 48.0 Å². The minimum Gasteiger partial charge on any atom is -0.396 e. The van der Waals surface area contributed by atoms with Gasteiger partial charge in [0.2, 0.25) is 0 Å². The Bertz CT molecular complexity index is 678. The van der Waals surface area contributed by atoms with Gasteiger partial charge in [0.05, 0.1) is 0 Å². The smallest absolute Gasteiger partial charge is 0.315 e. The van der Waals surface area contributed by atoms with Gasteiger partial charge in [-0.1, -0.05) is 42.5 Å². The highest BCUT2D eigenvalue weighted by molar-refractivity contribution is 5.83. The lowest BCUT2D eigenvalue weighted by molar-refractivity contribution is 0.174. The van der Waals surface area contributed by atoms with Crippen molar-refractivity contribution in [1.29, 1.82) is 0 Å². The van der Waals surface area contributed by atoms with Crippen LogP contribution >= 0.6 is 0 Å². The summed E-state index contributed by atoms with van der Waals surface area (Å²) in [5.41, 5.74) is 1.23. The highest BCUT2D eigenvalue weighted by atomic mass is 16.3. The van der Waals surface area contributed by atoms with Crippen LogP contribution in [0.15, 0.2) is 42.5 Å². The van der Waals surface area contributed by atoms with E-state index in [1.165, 1.54) is 16.3 Å². The van der Waals surface area contributed by atoms with Crippen molar-refractivity contribution < 1.29 is 9.90 Å². The van der Waals surface area contributed by atoms with Crippen molar-refractivity contribution in [3.63, 3.8) is 0 Å². The molecule has 1 aliphatic rings. The number of benzene rings is 2. The summed E-state index contributed by atoms with van der Waals surface area (Å²) >= 11 is 0. The molecule has 1 aliphatic carbocycles. The van der Waals surface area contributed by atoms with Crippen LogP contribution in [0, 0.1) is 5.92 Å². The van der Waals surface area contributed by atoms with Gasteiger partial charge in [0.15, 0.2) is 0 Å². The molecule has 2 aromatic rings. The second-order valence-electron chi connectivity index (χ2n) is 6.73. The van der Waals surface area contributed by atoms with Crippen LogP contribution in [-0.2, 0) is 6.42 Å². The first kappa shape index (κ1) is 16.8. The number of fused-ring (bicyclic) bond motifs is 1. The molecule has 0 heterocycles. The van der Waals surface area contributed by atoms with Crippen molar-refractivity contribution >= 4 is 16.8 Å². The second kappa shape index (κ2) is 8.15. The normalized spacial score (nSPS) is 20.7. The van der Waals surface area contributed by atoms with Crippen LogP contribution in [-0.4, -0.2) is 30.3 Å². The minimum atomic E-state index is -0.0803. The maximum Gasteiger partial charge on any atom is 0.315 e. The van der Waals surface area contributed by atoms with Crippen molar-refractivity contribution in [3.8, 4) is 0 Å². The molecule has 0 aliphatic heterocycles. The summed E-state index contributed by atoms with van der Waals surface area (Å²) in [6, 6.07) is 14.9. The molecule has 0 saturated heterocycles. The van der Waals surface area contributed by atoms with Crippen molar-refractivity contribution in [1.82, 2.24) is 10.6 Å². The van der Waals surface area contributed by atoms with Crippen molar-refractivity contribution in [2.45, 2.75) is 38.1 Å². The van der Waals surface area contributed by atoms with Gasteiger partial charge < -0.3 is 15.7 Å². The third-order valence-corrected chi connectivity index (χ3v) is 4.95. The van der Waals surface area contributed by atoms with E-state index in [1.54, 1.807) is 0 Å². The monoisotopic (exact) mass is 326 g/mol. The Morgan fingerprint density at radius 1 is 1.04 bits per heavy atom. The van der Waals surface area contributed by atoms with Crippen LogP contribution in [0.3, 0.4) is 0 Å². The molecule has 2 amide bonds. The number of carbonyl (C=O) groups is 1. The summed E-state index contributed by atoms with van der Waals surface area (Å²) in [6.45, 7) is 0.904. The minimum absolute atomic E-state index is 0.0803. The average molecular weight is 326 g/mol. The van der Waals surface area contributed by atoms with E-state index < -0.39 is 0 Å². The lowest BCUT2D eigenvalue weighted by Crippen LogP contribution is -2.44. The lowest BCUT2D eigenvalue weighted by Gasteiger charge is -2.27. The quantitative estimate of drug-likeness (QED) is 0.790. The molecule has 0 unspecified atom stereocenters. The zero-order valence-electron chi connectivity index (χ0n) is 14.0. The van der Waals surface area contributed by atoms with Gasteiger partial charge in [-0.15, -0.1) is 0 Å². The number of aliphatic hydroxyl groups excluding tert-OH is 1. The van der Waals surface area contributed by atoms with E-state index in [0.717, 1.165) is 32.1 Å². The molecule has 4 heteroatoms. The molecule has 3 rings (SSSR count). The Hall–Kier alpha value is -2.07. The van der Waals surface area contributed by atoms with Crippen LogP contribution < -0.4 is 10.6 Å². The SMILES string of the molecule is O=C(NCCc1ccc2ccccc2c1)NC1CCC(CO)CC1. The number of hydrogen-bond acceptors (Lipinski definition) is 2. The topological polar surface area (TPSA) is 61.4 Å². The fourth-order valence-electron chi connectivity index (χ4n) is 3.44. The molecule has 3 N–H and O–H groups in total. The predicted octanol–water partition coefficient (Wildman–Crippen LogP) is 3.23. The Labute approximate surface area is 143 Å². The van der Waals surface area contributed by atoms with Crippen molar-refractivity contribution in [2.75, 3.05) is 13.2 Å². The largest absolute Gasteiger partial charge is 0.396 e. The first-order valence-electron chi connectivity index (χ1n) is 8.87. The van der Waals surface area contributed by atoms with E-state index >= 15 is 0 Å². The Morgan fingerprint density at radius 2 is 1.79 bits per heavy atom. The van der Waals surface area contributed by atoms with Crippen LogP contribution in [0.4, 0.5) is 4.79 Å². The molecule has 0 radical (unpaired) electrons. The number of urea groups is 1. The molecule has 0 bridgehead atoms. The Morgan fingerprint density at radius 3 is 2.54 bits per heavy atom. The Balaban J connectivity index is 1.41. The summed E-state index contributed by atoms with van der Waals surface area (Å²) < 4.78 is 0. The van der Waals surface area contributed by atoms with E-state index in [-0.39, 0.29) is 18.7 Å². The van der Waals surface area contributed by atoms with E-state index in [2.05, 4.69) is 41.0 Å². The highest BCUT2D eigenvalue weighted by Gasteiger charge is 2.21. The summed E-state index contributed by atoms with van der Waals surface area (Å²) in [4.78, 5) is 12.0. The molecular formula is C20H26N2O2. The molecule has 0 spiro atoms. The van der Waals surface area contributed by atoms with Crippen LogP contribution in [0.5, 0.6) is 0 Å². The molecule has 24 heavy (non-hydrogen) atoms. The number of carbonyl (C=O) groups excluding carboxylic acids is 1. The van der Waals surface area contributed by atoms with Gasteiger partial charge >= 0.3 is 6.03 Å². The van der Waals surface area contributed by atoms with Crippen LogP contribution in [0.25, 0.3) is 10.8 Å². The Kier molecular flexibility index (Phi) is 5.70. The number of hydrogen-bond donors (Lipinski definition) is 3. The summed E-state index contributed by atoms with van der Waals surface area (Å²) in [7, 11) is 0. The number of nitrogens with one attached hydrogen (secondary N) is 2. The molecular weight excluding hydrogens is 300 g/mol. The molecule has 1 fully saturated rings. The number of rotatable bonds is 5. The van der Waals surface area contributed by atoms with Crippen molar-refractivity contribution in [2.24, 2.45) is 5.92 Å². The maximum atomic E-state index is 12.0. The van der Waals surface area contributed by atoms with E-state index in [0.29, 0.717) is 12.5 Å². The van der Waals surface area contributed by atoms with Gasteiger partial charge in [0.1, 0.15) is 0 Å². The first-order chi connectivity index (χ1) is 11.7. The molecule has 0 aromatic heterocycles. The van der Waals surface area contributed by atoms with Gasteiger partial charge in [0, 0.05) is 19.2 Å². The third kappa shape index (κ3) is 4.48. The number of aliphatic hydroxyl groups is 1. The molecule has 128 valence electrons. The van der Waals surface area contributed by atoms with E-state index in [4.69, 9.17) is 5.11 Å². The molecule has 1 saturated carbocycles. The first-order valence-corrected chi connectivity index (χ1v) is 8.87. The average Bonchev–Trinajstić information content (AvgIpc) is 2.62. The highest BCUT2D eigenvalue weighted by Crippen LogP contribution is 2.23. The summed E-state index contributed by atoms with van der Waals surface area (Å²) in [6.07, 6.45) is 4.75. The fourth-order valence-corrected chi connectivity index (χ4v) is 3.44. The van der Waals surface area contributed by atoms with E-state index in [1.807, 2.05) is 12.1 Å². The van der Waals surface area contributed by atoms with Crippen LogP contribution in [0.1, 0.15) is 31.2 Å². The molecule has 0 atom stereocenters. The van der Waals surface area contributed by atoms with E-state index in [9.17, 15) is 4.79 Å². The van der Waals surface area contributed by atoms with Gasteiger partial charge in [-0.05, 0) is 54.4 Å². The molecule has 2 aromatic carbocycles. The second-order valence-corrected chi connectivity index (χ2v) is 6.73. The number of amides is 2. The molecule has 4 nitrogen and oxygen atoms in total. The fraction of sp³-hybridized carbons (Fsp3) is 0.450. The summed E-state index contributed by atoms with van der Waals surface area (Å²) in [5, 5.41) is 17.6. The summed E-state index contributed by atoms with van der Waals surface area (Å²) in [5.74, 6) is 0.416. The predicted molar refractivity (Wildman–Crippen MR) is 97.0 cm³/mol.